The van der Waals surface area contributed by atoms with Crippen LogP contribution >= 0.6 is 0 Å². The van der Waals surface area contributed by atoms with Crippen molar-refractivity contribution in [3.8, 4) is 11.3 Å². The van der Waals surface area contributed by atoms with Gasteiger partial charge >= 0.3 is 0 Å². The van der Waals surface area contributed by atoms with E-state index >= 15 is 0 Å². The standard InChI is InChI=1S/C16H20N8/c1-23(2)10-4-6-24(9-10)16-20-7-11(14(17)22-16)13-8-19-15-12(21-13)3-5-18-15/h3,5,7-8,10H,4,6,9H2,1-2H3,(H,18,19)(H2,17,20,22). The van der Waals surface area contributed by atoms with Crippen LogP contribution in [0.2, 0.25) is 0 Å². The molecule has 124 valence electrons. The first-order chi connectivity index (χ1) is 11.6. The molecule has 1 atom stereocenters. The fourth-order valence-corrected chi connectivity index (χ4v) is 3.04. The molecule has 0 spiro atoms. The molecule has 3 aromatic heterocycles. The number of hydrogen-bond donors (Lipinski definition) is 2. The van der Waals surface area contributed by atoms with Crippen molar-refractivity contribution in [2.24, 2.45) is 0 Å². The third-order valence-electron chi connectivity index (χ3n) is 4.52. The minimum atomic E-state index is 0.428. The summed E-state index contributed by atoms with van der Waals surface area (Å²) in [5.74, 6) is 1.11. The molecule has 1 aliphatic rings. The molecule has 4 rings (SSSR count). The van der Waals surface area contributed by atoms with Gasteiger partial charge in [-0.25, -0.2) is 15.0 Å². The molecule has 3 aromatic rings. The number of fused-ring (bicyclic) bond motifs is 1. The zero-order chi connectivity index (χ0) is 16.7. The summed E-state index contributed by atoms with van der Waals surface area (Å²) in [4.78, 5) is 25.3. The summed E-state index contributed by atoms with van der Waals surface area (Å²) in [5, 5.41) is 0. The molecule has 1 unspecified atom stereocenters. The van der Waals surface area contributed by atoms with E-state index in [1.807, 2.05) is 12.3 Å². The van der Waals surface area contributed by atoms with Crippen molar-refractivity contribution in [2.75, 3.05) is 37.8 Å². The molecule has 0 saturated carbocycles. The largest absolute Gasteiger partial charge is 0.383 e. The van der Waals surface area contributed by atoms with E-state index in [0.29, 0.717) is 29.1 Å². The molecule has 1 aliphatic heterocycles. The van der Waals surface area contributed by atoms with E-state index in [0.717, 1.165) is 30.7 Å². The summed E-state index contributed by atoms with van der Waals surface area (Å²) in [6.07, 6.45) is 6.34. The van der Waals surface area contributed by atoms with Gasteiger partial charge in [0.15, 0.2) is 5.65 Å². The molecule has 0 radical (unpaired) electrons. The molecule has 0 amide bonds. The van der Waals surface area contributed by atoms with Crippen molar-refractivity contribution in [1.82, 2.24) is 29.8 Å². The lowest BCUT2D eigenvalue weighted by Gasteiger charge is -2.20. The number of aromatic nitrogens is 5. The number of likely N-dealkylation sites (N-methyl/N-ethyl adjacent to an activating group) is 1. The van der Waals surface area contributed by atoms with Crippen LogP contribution in [0.15, 0.2) is 24.7 Å². The average molecular weight is 324 g/mol. The van der Waals surface area contributed by atoms with E-state index in [2.05, 4.69) is 48.8 Å². The molecular formula is C16H20N8. The molecular weight excluding hydrogens is 304 g/mol. The van der Waals surface area contributed by atoms with Gasteiger partial charge in [-0.2, -0.15) is 4.98 Å². The minimum Gasteiger partial charge on any atom is -0.383 e. The predicted molar refractivity (Wildman–Crippen MR) is 93.6 cm³/mol. The normalized spacial score (nSPS) is 18.0. The Morgan fingerprint density at radius 1 is 1.25 bits per heavy atom. The van der Waals surface area contributed by atoms with Gasteiger partial charge in [0.2, 0.25) is 5.95 Å². The highest BCUT2D eigenvalue weighted by Gasteiger charge is 2.26. The number of nitrogens with two attached hydrogens (primary N) is 1. The summed E-state index contributed by atoms with van der Waals surface area (Å²) in [5.41, 5.74) is 9.10. The van der Waals surface area contributed by atoms with Crippen molar-refractivity contribution in [3.63, 3.8) is 0 Å². The third-order valence-corrected chi connectivity index (χ3v) is 4.52. The molecule has 8 heteroatoms. The van der Waals surface area contributed by atoms with Gasteiger partial charge in [-0.15, -0.1) is 0 Å². The lowest BCUT2D eigenvalue weighted by atomic mass is 10.2. The first-order valence-electron chi connectivity index (χ1n) is 7.96. The van der Waals surface area contributed by atoms with E-state index in [9.17, 15) is 0 Å². The Kier molecular flexibility index (Phi) is 3.53. The smallest absolute Gasteiger partial charge is 0.227 e. The number of anilines is 2. The number of H-pyrrole nitrogens is 1. The highest BCUT2D eigenvalue weighted by Crippen LogP contribution is 2.26. The van der Waals surface area contributed by atoms with Gasteiger partial charge in [-0.05, 0) is 26.6 Å². The Bertz CT molecular complexity index is 871. The average Bonchev–Trinajstić information content (AvgIpc) is 3.23. The third kappa shape index (κ3) is 2.54. The van der Waals surface area contributed by atoms with Crippen molar-refractivity contribution >= 4 is 22.9 Å². The zero-order valence-corrected chi connectivity index (χ0v) is 13.8. The van der Waals surface area contributed by atoms with Crippen LogP contribution in [0.4, 0.5) is 11.8 Å². The van der Waals surface area contributed by atoms with Gasteiger partial charge in [0.1, 0.15) is 11.3 Å². The maximum Gasteiger partial charge on any atom is 0.227 e. The van der Waals surface area contributed by atoms with Crippen LogP contribution in [-0.2, 0) is 0 Å². The van der Waals surface area contributed by atoms with Crippen molar-refractivity contribution < 1.29 is 0 Å². The van der Waals surface area contributed by atoms with Crippen LogP contribution in [0.25, 0.3) is 22.4 Å². The molecule has 0 aliphatic carbocycles. The van der Waals surface area contributed by atoms with Gasteiger partial charge in [0, 0.05) is 31.5 Å². The topological polar surface area (TPSA) is 99.9 Å². The van der Waals surface area contributed by atoms with Crippen LogP contribution in [0.5, 0.6) is 0 Å². The van der Waals surface area contributed by atoms with Gasteiger partial charge in [-0.3, -0.25) is 0 Å². The molecule has 4 heterocycles. The van der Waals surface area contributed by atoms with Gasteiger partial charge < -0.3 is 20.5 Å². The molecule has 8 nitrogen and oxygen atoms in total. The van der Waals surface area contributed by atoms with Crippen LogP contribution in [0.1, 0.15) is 6.42 Å². The summed E-state index contributed by atoms with van der Waals surface area (Å²) in [6.45, 7) is 1.86. The summed E-state index contributed by atoms with van der Waals surface area (Å²) in [6, 6.07) is 2.40. The lowest BCUT2D eigenvalue weighted by molar-refractivity contribution is 0.315. The number of nitrogens with zero attached hydrogens (tertiary/aromatic N) is 6. The molecule has 0 bridgehead atoms. The maximum atomic E-state index is 6.17. The molecule has 1 saturated heterocycles. The van der Waals surface area contributed by atoms with E-state index in [4.69, 9.17) is 5.73 Å². The van der Waals surface area contributed by atoms with Gasteiger partial charge in [0.25, 0.3) is 0 Å². The second-order valence-corrected chi connectivity index (χ2v) is 6.29. The summed E-state index contributed by atoms with van der Waals surface area (Å²) < 4.78 is 0. The highest BCUT2D eigenvalue weighted by atomic mass is 15.3. The monoisotopic (exact) mass is 324 g/mol. The fraction of sp³-hybridized carbons (Fsp3) is 0.375. The first-order valence-corrected chi connectivity index (χ1v) is 7.96. The Labute approximate surface area is 139 Å². The Hall–Kier alpha value is -2.74. The van der Waals surface area contributed by atoms with Crippen LogP contribution in [0.3, 0.4) is 0 Å². The second kappa shape index (κ2) is 5.72. The molecule has 1 fully saturated rings. The number of nitrogens with one attached hydrogen (secondary N) is 1. The lowest BCUT2D eigenvalue weighted by Crippen LogP contribution is -2.32. The fourth-order valence-electron chi connectivity index (χ4n) is 3.04. The summed E-state index contributed by atoms with van der Waals surface area (Å²) >= 11 is 0. The molecule has 24 heavy (non-hydrogen) atoms. The van der Waals surface area contributed by atoms with Crippen molar-refractivity contribution in [1.29, 1.82) is 0 Å². The Morgan fingerprint density at radius 2 is 2.12 bits per heavy atom. The maximum absolute atomic E-state index is 6.17. The molecule has 0 aromatic carbocycles. The molecule has 3 N–H and O–H groups in total. The van der Waals surface area contributed by atoms with Crippen LogP contribution in [0, 0.1) is 0 Å². The van der Waals surface area contributed by atoms with E-state index in [-0.39, 0.29) is 0 Å². The second-order valence-electron chi connectivity index (χ2n) is 6.29. The number of aromatic amines is 1. The first kappa shape index (κ1) is 14.8. The van der Waals surface area contributed by atoms with Crippen molar-refractivity contribution in [3.05, 3.63) is 24.7 Å². The van der Waals surface area contributed by atoms with Gasteiger partial charge in [-0.1, -0.05) is 0 Å². The van der Waals surface area contributed by atoms with E-state index < -0.39 is 0 Å². The Balaban J connectivity index is 1.62. The van der Waals surface area contributed by atoms with Crippen LogP contribution in [-0.4, -0.2) is 63.0 Å². The summed E-state index contributed by atoms with van der Waals surface area (Å²) in [7, 11) is 4.20. The highest BCUT2D eigenvalue weighted by molar-refractivity contribution is 5.77. The van der Waals surface area contributed by atoms with Crippen LogP contribution < -0.4 is 10.6 Å². The SMILES string of the molecule is CN(C)C1CCN(c2ncc(-c3cnc4[nH]ccc4n3)c(N)n2)C1. The number of hydrogen-bond acceptors (Lipinski definition) is 7. The number of nitrogen functional groups attached to an aromatic ring is 1. The quantitative estimate of drug-likeness (QED) is 0.745. The zero-order valence-electron chi connectivity index (χ0n) is 13.8. The Morgan fingerprint density at radius 3 is 2.88 bits per heavy atom. The minimum absolute atomic E-state index is 0.428. The number of rotatable bonds is 3. The van der Waals surface area contributed by atoms with E-state index in [1.165, 1.54) is 0 Å². The van der Waals surface area contributed by atoms with Gasteiger partial charge in [0.05, 0.1) is 17.5 Å². The predicted octanol–water partition coefficient (Wildman–Crippen LogP) is 1.14. The van der Waals surface area contributed by atoms with Crippen molar-refractivity contribution in [2.45, 2.75) is 12.5 Å². The van der Waals surface area contributed by atoms with E-state index in [1.54, 1.807) is 12.4 Å².